The van der Waals surface area contributed by atoms with Gasteiger partial charge in [-0.2, -0.15) is 0 Å². The summed E-state index contributed by atoms with van der Waals surface area (Å²) < 4.78 is 4.45. The molecule has 2 N–H and O–H groups in total. The van der Waals surface area contributed by atoms with Crippen LogP contribution >= 0.6 is 0 Å². The van der Waals surface area contributed by atoms with Gasteiger partial charge in [-0.05, 0) is 0 Å². The van der Waals surface area contributed by atoms with E-state index in [0.29, 0.717) is 0 Å². The standard InChI is InChI=1S/C5H9NO3/c1-6-4(3-9-2)5(7)8/h3,6H,1-2H3,(H,7,8)/b4-3-. The number of carboxylic acids is 1. The van der Waals surface area contributed by atoms with Gasteiger partial charge in [-0.25, -0.2) is 4.79 Å². The third-order valence-corrected chi connectivity index (χ3v) is 0.735. The quantitative estimate of drug-likeness (QED) is 0.410. The second-order valence-corrected chi connectivity index (χ2v) is 1.32. The Kier molecular flexibility index (Phi) is 3.27. The van der Waals surface area contributed by atoms with E-state index in [9.17, 15) is 4.79 Å². The zero-order chi connectivity index (χ0) is 7.28. The molecule has 0 spiro atoms. The second-order valence-electron chi connectivity index (χ2n) is 1.32. The van der Waals surface area contributed by atoms with E-state index < -0.39 is 5.97 Å². The van der Waals surface area contributed by atoms with Crippen molar-refractivity contribution in [3.05, 3.63) is 12.0 Å². The minimum atomic E-state index is -1.03. The number of methoxy groups -OCH3 is 1. The van der Waals surface area contributed by atoms with Crippen molar-refractivity contribution >= 4 is 5.97 Å². The molecule has 0 amide bonds. The summed E-state index contributed by atoms with van der Waals surface area (Å²) in [5, 5.41) is 10.7. The van der Waals surface area contributed by atoms with Crippen LogP contribution in [-0.4, -0.2) is 25.2 Å². The average molecular weight is 131 g/mol. The third kappa shape index (κ3) is 2.58. The first-order valence-electron chi connectivity index (χ1n) is 2.36. The summed E-state index contributed by atoms with van der Waals surface area (Å²) in [7, 11) is 2.90. The van der Waals surface area contributed by atoms with Crippen LogP contribution in [0.5, 0.6) is 0 Å². The molecule has 4 nitrogen and oxygen atoms in total. The van der Waals surface area contributed by atoms with Gasteiger partial charge in [0.2, 0.25) is 0 Å². The van der Waals surface area contributed by atoms with Gasteiger partial charge in [-0.3, -0.25) is 0 Å². The number of hydrogen-bond donors (Lipinski definition) is 2. The highest BCUT2D eigenvalue weighted by Gasteiger charge is 2.01. The first kappa shape index (κ1) is 7.81. The molecule has 0 aliphatic carbocycles. The summed E-state index contributed by atoms with van der Waals surface area (Å²) >= 11 is 0. The molecule has 0 heterocycles. The second kappa shape index (κ2) is 3.77. The highest BCUT2D eigenvalue weighted by Crippen LogP contribution is 1.85. The molecule has 0 fully saturated rings. The number of ether oxygens (including phenoxy) is 1. The molecule has 0 rings (SSSR count). The normalized spacial score (nSPS) is 10.7. The molecule has 0 aliphatic heterocycles. The summed E-state index contributed by atoms with van der Waals surface area (Å²) in [4.78, 5) is 10.1. The Bertz CT molecular complexity index is 130. The molecule has 0 aromatic heterocycles. The lowest BCUT2D eigenvalue weighted by molar-refractivity contribution is -0.133. The lowest BCUT2D eigenvalue weighted by Gasteiger charge is -1.97. The smallest absolute Gasteiger partial charge is 0.355 e. The van der Waals surface area contributed by atoms with Crippen LogP contribution in [0, 0.1) is 0 Å². The first-order chi connectivity index (χ1) is 4.22. The molecule has 4 heteroatoms. The van der Waals surface area contributed by atoms with E-state index in [-0.39, 0.29) is 5.70 Å². The predicted molar refractivity (Wildman–Crippen MR) is 31.8 cm³/mol. The Morgan fingerprint density at radius 3 is 2.44 bits per heavy atom. The Hall–Kier alpha value is -1.19. The number of carboxylic acid groups (broad SMARTS) is 1. The first-order valence-corrected chi connectivity index (χ1v) is 2.36. The topological polar surface area (TPSA) is 58.6 Å². The molecule has 0 bridgehead atoms. The van der Waals surface area contributed by atoms with Crippen molar-refractivity contribution in [1.82, 2.24) is 5.32 Å². The molecule has 0 unspecified atom stereocenters. The molecule has 0 saturated heterocycles. The highest BCUT2D eigenvalue weighted by molar-refractivity contribution is 5.85. The van der Waals surface area contributed by atoms with E-state index in [1.807, 2.05) is 0 Å². The van der Waals surface area contributed by atoms with Gasteiger partial charge in [0.1, 0.15) is 6.26 Å². The van der Waals surface area contributed by atoms with Crippen LogP contribution in [0.15, 0.2) is 12.0 Å². The zero-order valence-corrected chi connectivity index (χ0v) is 5.34. The molecule has 0 atom stereocenters. The van der Waals surface area contributed by atoms with Crippen molar-refractivity contribution in [3.8, 4) is 0 Å². The van der Waals surface area contributed by atoms with Crippen LogP contribution in [0.1, 0.15) is 0 Å². The molecule has 9 heavy (non-hydrogen) atoms. The number of carbonyl (C=O) groups is 1. The molecular weight excluding hydrogens is 122 g/mol. The number of likely N-dealkylation sites (N-methyl/N-ethyl adjacent to an activating group) is 1. The van der Waals surface area contributed by atoms with Gasteiger partial charge in [-0.15, -0.1) is 0 Å². The van der Waals surface area contributed by atoms with Crippen LogP contribution in [0.25, 0.3) is 0 Å². The fourth-order valence-corrected chi connectivity index (χ4v) is 0.334. The van der Waals surface area contributed by atoms with Crippen molar-refractivity contribution in [2.24, 2.45) is 0 Å². The predicted octanol–water partition coefficient (Wildman–Crippen LogP) is -0.222. The minimum Gasteiger partial charge on any atom is -0.502 e. The maximum absolute atomic E-state index is 10.1. The Labute approximate surface area is 53.1 Å². The Balaban J connectivity index is 3.98. The van der Waals surface area contributed by atoms with Gasteiger partial charge in [0.25, 0.3) is 0 Å². The van der Waals surface area contributed by atoms with Gasteiger partial charge >= 0.3 is 5.97 Å². The maximum Gasteiger partial charge on any atom is 0.355 e. The van der Waals surface area contributed by atoms with E-state index in [1.54, 1.807) is 0 Å². The number of rotatable bonds is 3. The zero-order valence-electron chi connectivity index (χ0n) is 5.34. The van der Waals surface area contributed by atoms with Crippen molar-refractivity contribution in [3.63, 3.8) is 0 Å². The Morgan fingerprint density at radius 1 is 1.78 bits per heavy atom. The van der Waals surface area contributed by atoms with Gasteiger partial charge in [0, 0.05) is 7.05 Å². The fourth-order valence-electron chi connectivity index (χ4n) is 0.334. The van der Waals surface area contributed by atoms with Crippen LogP contribution in [0.3, 0.4) is 0 Å². The largest absolute Gasteiger partial charge is 0.502 e. The third-order valence-electron chi connectivity index (χ3n) is 0.735. The van der Waals surface area contributed by atoms with Crippen LogP contribution < -0.4 is 5.32 Å². The summed E-state index contributed by atoms with van der Waals surface area (Å²) in [6.07, 6.45) is 1.13. The lowest BCUT2D eigenvalue weighted by atomic mass is 10.5. The van der Waals surface area contributed by atoms with Crippen molar-refractivity contribution in [2.75, 3.05) is 14.2 Å². The van der Waals surface area contributed by atoms with Crippen molar-refractivity contribution in [1.29, 1.82) is 0 Å². The van der Waals surface area contributed by atoms with Gasteiger partial charge < -0.3 is 15.2 Å². The summed E-state index contributed by atoms with van der Waals surface area (Å²) in [5.74, 6) is -1.03. The molecule has 0 aromatic carbocycles. The summed E-state index contributed by atoms with van der Waals surface area (Å²) in [6.45, 7) is 0. The van der Waals surface area contributed by atoms with E-state index in [1.165, 1.54) is 14.2 Å². The number of aliphatic carboxylic acids is 1. The van der Waals surface area contributed by atoms with E-state index >= 15 is 0 Å². The molecule has 0 saturated carbocycles. The van der Waals surface area contributed by atoms with Crippen molar-refractivity contribution in [2.45, 2.75) is 0 Å². The summed E-state index contributed by atoms with van der Waals surface area (Å²) in [5.41, 5.74) is 0.0394. The molecule has 0 radical (unpaired) electrons. The molecule has 0 aromatic rings. The number of hydrogen-bond acceptors (Lipinski definition) is 3. The minimum absolute atomic E-state index is 0.0394. The highest BCUT2D eigenvalue weighted by atomic mass is 16.5. The van der Waals surface area contributed by atoms with Gasteiger partial charge in [-0.1, -0.05) is 0 Å². The fraction of sp³-hybridized carbons (Fsp3) is 0.400. The van der Waals surface area contributed by atoms with Crippen LogP contribution in [0.4, 0.5) is 0 Å². The monoisotopic (exact) mass is 131 g/mol. The van der Waals surface area contributed by atoms with E-state index in [2.05, 4.69) is 10.1 Å². The number of nitrogens with one attached hydrogen (secondary N) is 1. The lowest BCUT2D eigenvalue weighted by Crippen LogP contribution is -2.15. The van der Waals surface area contributed by atoms with Gasteiger partial charge in [0.05, 0.1) is 7.11 Å². The van der Waals surface area contributed by atoms with Crippen LogP contribution in [0.2, 0.25) is 0 Å². The molecule has 52 valence electrons. The SMILES string of the molecule is CN/C(=C\OC)C(=O)O. The van der Waals surface area contributed by atoms with E-state index in [0.717, 1.165) is 6.26 Å². The maximum atomic E-state index is 10.1. The molecular formula is C5H9NO3. The molecule has 0 aliphatic rings. The van der Waals surface area contributed by atoms with E-state index in [4.69, 9.17) is 5.11 Å². The summed E-state index contributed by atoms with van der Waals surface area (Å²) in [6, 6.07) is 0. The van der Waals surface area contributed by atoms with Gasteiger partial charge in [0.15, 0.2) is 5.70 Å². The Morgan fingerprint density at radius 2 is 2.33 bits per heavy atom. The van der Waals surface area contributed by atoms with Crippen LogP contribution in [-0.2, 0) is 9.53 Å². The average Bonchev–Trinajstić information content (AvgIpc) is 1.82. The van der Waals surface area contributed by atoms with Crippen molar-refractivity contribution < 1.29 is 14.6 Å².